The van der Waals surface area contributed by atoms with Crippen molar-refractivity contribution in [1.29, 1.82) is 0 Å². The molecule has 1 unspecified atom stereocenters. The van der Waals surface area contributed by atoms with Gasteiger partial charge in [0.2, 0.25) is 0 Å². The van der Waals surface area contributed by atoms with Crippen molar-refractivity contribution in [3.63, 3.8) is 0 Å². The van der Waals surface area contributed by atoms with Gasteiger partial charge in [-0.15, -0.1) is 0 Å². The normalized spacial score (nSPS) is 11.7. The van der Waals surface area contributed by atoms with Gasteiger partial charge in [0.25, 0.3) is 0 Å². The van der Waals surface area contributed by atoms with E-state index in [1.807, 2.05) is 30.3 Å². The zero-order valence-electron chi connectivity index (χ0n) is 12.0. The number of carbonyl (C=O) groups is 1. The highest BCUT2D eigenvalue weighted by molar-refractivity contribution is 6.29. The molecule has 2 aromatic rings. The van der Waals surface area contributed by atoms with E-state index >= 15 is 0 Å². The van der Waals surface area contributed by atoms with Gasteiger partial charge in [0.15, 0.2) is 0 Å². The maximum absolute atomic E-state index is 11.9. The highest BCUT2D eigenvalue weighted by Crippen LogP contribution is 2.18. The molecule has 1 heterocycles. The van der Waals surface area contributed by atoms with Crippen LogP contribution in [0.15, 0.2) is 48.7 Å². The number of hydrogen-bond donors (Lipinski definition) is 3. The molecule has 0 spiro atoms. The summed E-state index contributed by atoms with van der Waals surface area (Å²) >= 11 is 5.77. The van der Waals surface area contributed by atoms with Gasteiger partial charge in [0, 0.05) is 31.0 Å². The van der Waals surface area contributed by atoms with E-state index in [1.54, 1.807) is 12.1 Å². The number of nitrogens with zero attached hydrogens (tertiary/aromatic N) is 1. The van der Waals surface area contributed by atoms with E-state index < -0.39 is 0 Å². The predicted octanol–water partition coefficient (Wildman–Crippen LogP) is 3.02. The predicted molar refractivity (Wildman–Crippen MR) is 87.2 cm³/mol. The highest BCUT2D eigenvalue weighted by Gasteiger charge is 2.12. The van der Waals surface area contributed by atoms with Crippen molar-refractivity contribution < 1.29 is 9.90 Å². The van der Waals surface area contributed by atoms with Gasteiger partial charge >= 0.3 is 6.03 Å². The second-order valence-electron chi connectivity index (χ2n) is 4.82. The minimum Gasteiger partial charge on any atom is -0.396 e. The smallest absolute Gasteiger partial charge is 0.319 e. The fraction of sp³-hybridized carbons (Fsp3) is 0.250. The number of aliphatic hydroxyl groups excluding tert-OH is 1. The van der Waals surface area contributed by atoms with Crippen LogP contribution in [0, 0.1) is 0 Å². The summed E-state index contributed by atoms with van der Waals surface area (Å²) in [7, 11) is 0. The fourth-order valence-corrected chi connectivity index (χ4v) is 2.31. The Morgan fingerprint density at radius 3 is 2.73 bits per heavy atom. The quantitative estimate of drug-likeness (QED) is 0.716. The van der Waals surface area contributed by atoms with Gasteiger partial charge in [-0.25, -0.2) is 9.78 Å². The summed E-state index contributed by atoms with van der Waals surface area (Å²) in [6, 6.07) is 12.7. The summed E-state index contributed by atoms with van der Waals surface area (Å²) < 4.78 is 0. The third kappa shape index (κ3) is 5.02. The summed E-state index contributed by atoms with van der Waals surface area (Å²) in [6.45, 7) is 0.512. The Labute approximate surface area is 134 Å². The first-order valence-electron chi connectivity index (χ1n) is 7.01. The SMILES string of the molecule is O=C(NCC(CCO)c1ccccc1)Nc1ccnc(Cl)c1. The Morgan fingerprint density at radius 2 is 2.05 bits per heavy atom. The van der Waals surface area contributed by atoms with Gasteiger partial charge < -0.3 is 15.7 Å². The van der Waals surface area contributed by atoms with Crippen LogP contribution in [0.4, 0.5) is 10.5 Å². The van der Waals surface area contributed by atoms with Crippen LogP contribution >= 0.6 is 11.6 Å². The molecule has 0 radical (unpaired) electrons. The van der Waals surface area contributed by atoms with Crippen LogP contribution in [0.5, 0.6) is 0 Å². The Kier molecular flexibility index (Phi) is 6.18. The number of rotatable bonds is 6. The minimum absolute atomic E-state index is 0.0676. The Morgan fingerprint density at radius 1 is 1.27 bits per heavy atom. The van der Waals surface area contributed by atoms with Crippen molar-refractivity contribution in [2.75, 3.05) is 18.5 Å². The number of aromatic nitrogens is 1. The second-order valence-corrected chi connectivity index (χ2v) is 5.21. The lowest BCUT2D eigenvalue weighted by Gasteiger charge is -2.17. The molecule has 0 aliphatic carbocycles. The van der Waals surface area contributed by atoms with Gasteiger partial charge in [-0.2, -0.15) is 0 Å². The number of aliphatic hydroxyl groups is 1. The standard InChI is InChI=1S/C16H18ClN3O2/c17-15-10-14(6-8-18-15)20-16(22)19-11-13(7-9-21)12-4-2-1-3-5-12/h1-6,8,10,13,21H,7,9,11H2,(H2,18,19,20,22). The zero-order valence-corrected chi connectivity index (χ0v) is 12.8. The topological polar surface area (TPSA) is 74.2 Å². The largest absolute Gasteiger partial charge is 0.396 e. The van der Waals surface area contributed by atoms with E-state index in [1.165, 1.54) is 6.20 Å². The molecule has 6 heteroatoms. The van der Waals surface area contributed by atoms with E-state index in [9.17, 15) is 9.90 Å². The molecule has 0 aliphatic rings. The number of urea groups is 1. The Hall–Kier alpha value is -2.11. The van der Waals surface area contributed by atoms with E-state index in [0.717, 1.165) is 5.56 Å². The van der Waals surface area contributed by atoms with Crippen molar-refractivity contribution in [3.05, 3.63) is 59.4 Å². The number of halogens is 1. The first-order valence-corrected chi connectivity index (χ1v) is 7.39. The number of hydrogen-bond acceptors (Lipinski definition) is 3. The van der Waals surface area contributed by atoms with E-state index in [-0.39, 0.29) is 18.6 Å². The molecule has 0 aliphatic heterocycles. The molecule has 0 bridgehead atoms. The summed E-state index contributed by atoms with van der Waals surface area (Å²) in [6.07, 6.45) is 2.11. The van der Waals surface area contributed by atoms with Gasteiger partial charge in [-0.05, 0) is 24.1 Å². The van der Waals surface area contributed by atoms with E-state index in [0.29, 0.717) is 23.8 Å². The van der Waals surface area contributed by atoms with Gasteiger partial charge in [0.05, 0.1) is 0 Å². The Bertz CT molecular complexity index is 607. The summed E-state index contributed by atoms with van der Waals surface area (Å²) in [4.78, 5) is 15.8. The van der Waals surface area contributed by atoms with Crippen LogP contribution in [0.2, 0.25) is 5.15 Å². The molecule has 22 heavy (non-hydrogen) atoms. The summed E-state index contributed by atoms with van der Waals surface area (Å²) in [5.41, 5.74) is 1.67. The molecule has 2 amide bonds. The third-order valence-electron chi connectivity index (χ3n) is 3.24. The van der Waals surface area contributed by atoms with Crippen molar-refractivity contribution in [3.8, 4) is 0 Å². The molecular formula is C16H18ClN3O2. The molecule has 0 saturated heterocycles. The minimum atomic E-state index is -0.318. The van der Waals surface area contributed by atoms with E-state index in [4.69, 9.17) is 11.6 Å². The number of carbonyl (C=O) groups excluding carboxylic acids is 1. The molecule has 116 valence electrons. The number of amides is 2. The fourth-order valence-electron chi connectivity index (χ4n) is 2.14. The maximum atomic E-state index is 11.9. The average molecular weight is 320 g/mol. The van der Waals surface area contributed by atoms with Crippen molar-refractivity contribution in [1.82, 2.24) is 10.3 Å². The maximum Gasteiger partial charge on any atom is 0.319 e. The number of nitrogens with one attached hydrogen (secondary N) is 2. The van der Waals surface area contributed by atoms with Crippen molar-refractivity contribution in [2.24, 2.45) is 0 Å². The molecule has 1 aromatic heterocycles. The zero-order chi connectivity index (χ0) is 15.8. The Balaban J connectivity index is 1.90. The molecule has 0 saturated carbocycles. The monoisotopic (exact) mass is 319 g/mol. The molecular weight excluding hydrogens is 302 g/mol. The number of benzene rings is 1. The second kappa shape index (κ2) is 8.36. The molecule has 1 atom stereocenters. The molecule has 2 rings (SSSR count). The van der Waals surface area contributed by atoms with Crippen LogP contribution in [-0.2, 0) is 0 Å². The summed E-state index contributed by atoms with van der Waals surface area (Å²) in [5.74, 6) is 0.0676. The summed E-state index contributed by atoms with van der Waals surface area (Å²) in [5, 5.41) is 15.0. The first kappa shape index (κ1) is 16.3. The van der Waals surface area contributed by atoms with Gasteiger partial charge in [-0.1, -0.05) is 41.9 Å². The number of pyridine rings is 1. The lowest BCUT2D eigenvalue weighted by molar-refractivity contribution is 0.248. The van der Waals surface area contributed by atoms with Crippen LogP contribution in [0.1, 0.15) is 17.9 Å². The van der Waals surface area contributed by atoms with Crippen molar-refractivity contribution in [2.45, 2.75) is 12.3 Å². The lowest BCUT2D eigenvalue weighted by atomic mass is 9.96. The highest BCUT2D eigenvalue weighted by atomic mass is 35.5. The molecule has 0 fully saturated rings. The van der Waals surface area contributed by atoms with Crippen LogP contribution in [0.3, 0.4) is 0 Å². The average Bonchev–Trinajstić information content (AvgIpc) is 2.52. The van der Waals surface area contributed by atoms with E-state index in [2.05, 4.69) is 15.6 Å². The van der Waals surface area contributed by atoms with Crippen LogP contribution in [-0.4, -0.2) is 29.3 Å². The van der Waals surface area contributed by atoms with Gasteiger partial charge in [-0.3, -0.25) is 0 Å². The van der Waals surface area contributed by atoms with Crippen molar-refractivity contribution >= 4 is 23.3 Å². The molecule has 3 N–H and O–H groups in total. The molecule has 1 aromatic carbocycles. The first-order chi connectivity index (χ1) is 10.7. The van der Waals surface area contributed by atoms with Gasteiger partial charge in [0.1, 0.15) is 5.15 Å². The third-order valence-corrected chi connectivity index (χ3v) is 3.45. The van der Waals surface area contributed by atoms with Crippen LogP contribution in [0.25, 0.3) is 0 Å². The molecule has 5 nitrogen and oxygen atoms in total. The van der Waals surface area contributed by atoms with Crippen LogP contribution < -0.4 is 10.6 Å². The lowest BCUT2D eigenvalue weighted by Crippen LogP contribution is -2.32. The number of anilines is 1.